The van der Waals surface area contributed by atoms with Gasteiger partial charge in [0, 0.05) is 22.6 Å². The summed E-state index contributed by atoms with van der Waals surface area (Å²) in [5, 5.41) is 0. The predicted molar refractivity (Wildman–Crippen MR) is 135 cm³/mol. The third-order valence-electron chi connectivity index (χ3n) is 4.70. The Hall–Kier alpha value is -4.36. The number of anilines is 6. The molecule has 0 heterocycles. The summed E-state index contributed by atoms with van der Waals surface area (Å²) in [4.78, 5) is 0. The van der Waals surface area contributed by atoms with Gasteiger partial charge in [0.25, 0.3) is 0 Å². The smallest absolute Gasteiger partial charge is 0.0787 e. The Morgan fingerprint density at radius 1 is 0.355 bits per heavy atom. The van der Waals surface area contributed by atoms with E-state index in [0.29, 0.717) is 22.7 Å². The van der Waals surface area contributed by atoms with Gasteiger partial charge in [-0.25, -0.2) is 0 Å². The fraction of sp³-hybridized carbons (Fsp3) is 0. The number of hydrogen-bond donors (Lipinski definition) is 7. The summed E-state index contributed by atoms with van der Waals surface area (Å²) >= 11 is 0. The lowest BCUT2D eigenvalue weighted by atomic mass is 10.0. The number of hydrogen-bond acceptors (Lipinski definition) is 7. The minimum absolute atomic E-state index is 0. The van der Waals surface area contributed by atoms with Crippen molar-refractivity contribution < 1.29 is 0 Å². The van der Waals surface area contributed by atoms with Crippen LogP contribution >= 0.6 is 0 Å². The number of benzene rings is 4. The molecule has 0 spiro atoms. The van der Waals surface area contributed by atoms with Crippen molar-refractivity contribution in [3.8, 4) is 22.3 Å². The standard InChI is InChI=1S/C12H14N4.C12H12N2.H3N/c13-8-3-1-7(2-4-8)9-5-6-10(14)12(16)11(9)15;13-11-5-1-9(2-6-11)10-3-7-12(14)8-4-10;/h1-6H,13-16H2;1-8H,13-14H2;1H3. The summed E-state index contributed by atoms with van der Waals surface area (Å²) in [5.74, 6) is 0. The Labute approximate surface area is 182 Å². The molecule has 4 aromatic rings. The predicted octanol–water partition coefficient (Wildman–Crippen LogP) is 4.36. The minimum Gasteiger partial charge on any atom is -0.399 e. The molecule has 0 fully saturated rings. The van der Waals surface area contributed by atoms with Crippen molar-refractivity contribution >= 4 is 34.1 Å². The van der Waals surface area contributed by atoms with Crippen molar-refractivity contribution in [2.24, 2.45) is 0 Å². The van der Waals surface area contributed by atoms with Crippen LogP contribution in [0.1, 0.15) is 0 Å². The molecule has 0 radical (unpaired) electrons. The second kappa shape index (κ2) is 9.91. The minimum atomic E-state index is 0. The maximum Gasteiger partial charge on any atom is 0.0787 e. The van der Waals surface area contributed by atoms with Gasteiger partial charge in [0.15, 0.2) is 0 Å². The van der Waals surface area contributed by atoms with Crippen LogP contribution in [0.4, 0.5) is 34.1 Å². The van der Waals surface area contributed by atoms with Crippen LogP contribution in [-0.4, -0.2) is 0 Å². The molecule has 0 amide bonds. The Balaban J connectivity index is 0.000000215. The molecule has 0 aliphatic rings. The Kier molecular flexibility index (Phi) is 7.33. The highest BCUT2D eigenvalue weighted by Gasteiger charge is 2.07. The highest BCUT2D eigenvalue weighted by Crippen LogP contribution is 2.34. The zero-order valence-electron chi connectivity index (χ0n) is 17.3. The van der Waals surface area contributed by atoms with Crippen molar-refractivity contribution in [1.29, 1.82) is 0 Å². The van der Waals surface area contributed by atoms with Gasteiger partial charge in [0.2, 0.25) is 0 Å². The molecular weight excluding hydrogens is 386 g/mol. The van der Waals surface area contributed by atoms with Gasteiger partial charge in [0.1, 0.15) is 0 Å². The molecule has 4 rings (SSSR count). The first kappa shape index (κ1) is 22.9. The number of nitrogens with two attached hydrogens (primary N) is 6. The quantitative estimate of drug-likeness (QED) is 0.236. The van der Waals surface area contributed by atoms with Gasteiger partial charge in [-0.3, -0.25) is 0 Å². The van der Waals surface area contributed by atoms with Crippen LogP contribution in [-0.2, 0) is 0 Å². The van der Waals surface area contributed by atoms with E-state index in [0.717, 1.165) is 33.6 Å². The first-order valence-electron chi connectivity index (χ1n) is 9.36. The lowest BCUT2D eigenvalue weighted by Crippen LogP contribution is -2.01. The molecule has 0 aliphatic carbocycles. The fourth-order valence-corrected chi connectivity index (χ4v) is 2.92. The monoisotopic (exact) mass is 415 g/mol. The molecule has 4 aromatic carbocycles. The van der Waals surface area contributed by atoms with Gasteiger partial charge in [0.05, 0.1) is 17.1 Å². The van der Waals surface area contributed by atoms with Crippen LogP contribution in [0.5, 0.6) is 0 Å². The van der Waals surface area contributed by atoms with Crippen LogP contribution in [0.3, 0.4) is 0 Å². The molecule has 0 aliphatic heterocycles. The third-order valence-corrected chi connectivity index (χ3v) is 4.70. The number of nitrogen functional groups attached to an aromatic ring is 6. The van der Waals surface area contributed by atoms with Gasteiger partial charge in [-0.1, -0.05) is 42.5 Å². The molecule has 15 N–H and O–H groups in total. The first-order chi connectivity index (χ1) is 14.3. The molecule has 0 aromatic heterocycles. The van der Waals surface area contributed by atoms with Gasteiger partial charge in [-0.2, -0.15) is 0 Å². The summed E-state index contributed by atoms with van der Waals surface area (Å²) < 4.78 is 0. The van der Waals surface area contributed by atoms with Gasteiger partial charge in [-0.15, -0.1) is 0 Å². The maximum atomic E-state index is 5.92. The Morgan fingerprint density at radius 3 is 1.10 bits per heavy atom. The van der Waals surface area contributed by atoms with E-state index in [-0.39, 0.29) is 6.15 Å². The van der Waals surface area contributed by atoms with E-state index in [1.54, 1.807) is 6.07 Å². The molecule has 7 heteroatoms. The summed E-state index contributed by atoms with van der Waals surface area (Å²) in [6.45, 7) is 0. The largest absolute Gasteiger partial charge is 0.399 e. The first-order valence-corrected chi connectivity index (χ1v) is 9.36. The Bertz CT molecular complexity index is 1080. The van der Waals surface area contributed by atoms with E-state index < -0.39 is 0 Å². The van der Waals surface area contributed by atoms with Crippen molar-refractivity contribution in [2.75, 3.05) is 34.4 Å². The van der Waals surface area contributed by atoms with Crippen molar-refractivity contribution in [3.05, 3.63) is 84.9 Å². The summed E-state index contributed by atoms with van der Waals surface area (Å²) in [5.41, 5.74) is 42.0. The van der Waals surface area contributed by atoms with Gasteiger partial charge in [-0.05, 0) is 59.2 Å². The van der Waals surface area contributed by atoms with E-state index >= 15 is 0 Å². The normalized spacial score (nSPS) is 9.81. The SMILES string of the molecule is N.Nc1ccc(-c2ccc(N)c(N)c2N)cc1.Nc1ccc(-c2ccc(N)cc2)cc1. The zero-order chi connectivity index (χ0) is 21.7. The second-order valence-electron chi connectivity index (χ2n) is 6.90. The summed E-state index contributed by atoms with van der Waals surface area (Å²) in [6.07, 6.45) is 0. The molecule has 0 unspecified atom stereocenters. The fourth-order valence-electron chi connectivity index (χ4n) is 2.92. The summed E-state index contributed by atoms with van der Waals surface area (Å²) in [6, 6.07) is 26.6. The average molecular weight is 416 g/mol. The molecular formula is C24H29N7. The maximum absolute atomic E-state index is 5.92. The molecule has 7 nitrogen and oxygen atoms in total. The Morgan fingerprint density at radius 2 is 0.710 bits per heavy atom. The van der Waals surface area contributed by atoms with Crippen LogP contribution in [0.15, 0.2) is 84.9 Å². The van der Waals surface area contributed by atoms with Crippen LogP contribution in [0, 0.1) is 0 Å². The molecule has 0 saturated carbocycles. The van der Waals surface area contributed by atoms with E-state index in [1.807, 2.05) is 78.9 Å². The lowest BCUT2D eigenvalue weighted by Gasteiger charge is -2.10. The van der Waals surface area contributed by atoms with E-state index in [9.17, 15) is 0 Å². The highest BCUT2D eigenvalue weighted by molar-refractivity contribution is 5.90. The van der Waals surface area contributed by atoms with E-state index in [2.05, 4.69) is 0 Å². The van der Waals surface area contributed by atoms with Gasteiger partial charge < -0.3 is 40.6 Å². The molecule has 0 saturated heterocycles. The molecule has 0 atom stereocenters. The molecule has 160 valence electrons. The van der Waals surface area contributed by atoms with Gasteiger partial charge >= 0.3 is 0 Å². The van der Waals surface area contributed by atoms with Crippen LogP contribution in [0.2, 0.25) is 0 Å². The zero-order valence-corrected chi connectivity index (χ0v) is 17.3. The molecule has 0 bridgehead atoms. The average Bonchev–Trinajstić information content (AvgIpc) is 2.75. The second-order valence-corrected chi connectivity index (χ2v) is 6.90. The van der Waals surface area contributed by atoms with Crippen LogP contribution < -0.4 is 40.6 Å². The highest BCUT2D eigenvalue weighted by atomic mass is 14.7. The van der Waals surface area contributed by atoms with E-state index in [4.69, 9.17) is 34.4 Å². The lowest BCUT2D eigenvalue weighted by molar-refractivity contribution is 1.59. The summed E-state index contributed by atoms with van der Waals surface area (Å²) in [7, 11) is 0. The van der Waals surface area contributed by atoms with Crippen LogP contribution in [0.25, 0.3) is 22.3 Å². The third kappa shape index (κ3) is 5.59. The topological polar surface area (TPSA) is 191 Å². The van der Waals surface area contributed by atoms with Crippen molar-refractivity contribution in [1.82, 2.24) is 6.15 Å². The van der Waals surface area contributed by atoms with Crippen molar-refractivity contribution in [3.63, 3.8) is 0 Å². The van der Waals surface area contributed by atoms with E-state index in [1.165, 1.54) is 0 Å². The molecule has 31 heavy (non-hydrogen) atoms. The number of rotatable bonds is 2. The van der Waals surface area contributed by atoms with Crippen molar-refractivity contribution in [2.45, 2.75) is 0 Å².